The van der Waals surface area contributed by atoms with Crippen LogP contribution >= 0.6 is 15.9 Å². The summed E-state index contributed by atoms with van der Waals surface area (Å²) in [5.41, 5.74) is 0.801. The number of ether oxygens (including phenoxy) is 2. The van der Waals surface area contributed by atoms with Gasteiger partial charge in [0.25, 0.3) is 0 Å². The second kappa shape index (κ2) is 6.52. The maximum atomic E-state index is 12.1. The summed E-state index contributed by atoms with van der Waals surface area (Å²) < 4.78 is 21.5. The fraction of sp³-hybridized carbons (Fsp3) is 0.176. The summed E-state index contributed by atoms with van der Waals surface area (Å²) >= 11 is 3.33. The number of benzene rings is 1. The molecule has 7 heteroatoms. The Hall–Kier alpha value is -2.54. The quantitative estimate of drug-likeness (QED) is 0.480. The minimum Gasteiger partial charge on any atom is -0.462 e. The second-order valence-electron chi connectivity index (χ2n) is 4.90. The van der Waals surface area contributed by atoms with Crippen LogP contribution in [0.15, 0.2) is 43.8 Å². The molecule has 3 rings (SSSR count). The van der Waals surface area contributed by atoms with Gasteiger partial charge in [0.05, 0.1) is 17.3 Å². The molecule has 0 atom stereocenters. The van der Waals surface area contributed by atoms with Gasteiger partial charge in [-0.1, -0.05) is 0 Å². The first-order valence-corrected chi connectivity index (χ1v) is 7.96. The predicted molar refractivity (Wildman–Crippen MR) is 88.3 cm³/mol. The van der Waals surface area contributed by atoms with E-state index in [-0.39, 0.29) is 18.1 Å². The van der Waals surface area contributed by atoms with Crippen molar-refractivity contribution in [3.8, 4) is 5.75 Å². The van der Waals surface area contributed by atoms with Gasteiger partial charge in [0.1, 0.15) is 22.7 Å². The molecule has 0 saturated heterocycles. The van der Waals surface area contributed by atoms with E-state index in [9.17, 15) is 9.59 Å². The number of fused-ring (bicyclic) bond motifs is 1. The van der Waals surface area contributed by atoms with Crippen molar-refractivity contribution in [1.82, 2.24) is 0 Å². The number of aryl methyl sites for hydroxylation is 1. The van der Waals surface area contributed by atoms with E-state index in [1.807, 2.05) is 0 Å². The SMILES string of the molecule is CCOC(=O)c1c(C)oc2cc(Br)c(OC(=O)c3ccco3)cc12. The zero-order valence-corrected chi connectivity index (χ0v) is 14.5. The first-order chi connectivity index (χ1) is 11.5. The number of hydrogen-bond donors (Lipinski definition) is 0. The number of carbonyl (C=O) groups excluding carboxylic acids is 2. The lowest BCUT2D eigenvalue weighted by molar-refractivity contribution is 0.0526. The standard InChI is InChI=1S/C17H13BrO6/c1-3-21-17(20)15-9(2)23-13-8-11(18)14(7-10(13)15)24-16(19)12-5-4-6-22-12/h4-8H,3H2,1-2H3. The molecular weight excluding hydrogens is 380 g/mol. The van der Waals surface area contributed by atoms with E-state index in [2.05, 4.69) is 15.9 Å². The van der Waals surface area contributed by atoms with Crippen molar-refractivity contribution in [2.24, 2.45) is 0 Å². The van der Waals surface area contributed by atoms with Crippen molar-refractivity contribution >= 4 is 38.8 Å². The van der Waals surface area contributed by atoms with E-state index in [1.165, 1.54) is 12.3 Å². The minimum absolute atomic E-state index is 0.0796. The third-order valence-corrected chi connectivity index (χ3v) is 3.94. The normalized spacial score (nSPS) is 10.8. The summed E-state index contributed by atoms with van der Waals surface area (Å²) in [6, 6.07) is 6.28. The Morgan fingerprint density at radius 2 is 2.04 bits per heavy atom. The van der Waals surface area contributed by atoms with Gasteiger partial charge in [-0.05, 0) is 54.0 Å². The van der Waals surface area contributed by atoms with E-state index in [1.54, 1.807) is 32.0 Å². The number of furan rings is 2. The average molecular weight is 393 g/mol. The molecule has 0 aliphatic heterocycles. The van der Waals surface area contributed by atoms with Gasteiger partial charge in [0.2, 0.25) is 5.76 Å². The van der Waals surface area contributed by atoms with Gasteiger partial charge in [-0.25, -0.2) is 9.59 Å². The molecule has 0 N–H and O–H groups in total. The molecule has 2 heterocycles. The molecule has 0 radical (unpaired) electrons. The Morgan fingerprint density at radius 3 is 2.71 bits per heavy atom. The number of carbonyl (C=O) groups is 2. The zero-order chi connectivity index (χ0) is 17.3. The summed E-state index contributed by atoms with van der Waals surface area (Å²) in [7, 11) is 0. The van der Waals surface area contributed by atoms with Gasteiger partial charge >= 0.3 is 11.9 Å². The van der Waals surface area contributed by atoms with Crippen LogP contribution in [0.2, 0.25) is 0 Å². The van der Waals surface area contributed by atoms with Crippen LogP contribution in [0, 0.1) is 6.92 Å². The molecule has 3 aromatic rings. The molecule has 0 aliphatic rings. The highest BCUT2D eigenvalue weighted by Gasteiger charge is 2.22. The summed E-state index contributed by atoms with van der Waals surface area (Å²) in [6.07, 6.45) is 1.38. The third kappa shape index (κ3) is 2.94. The summed E-state index contributed by atoms with van der Waals surface area (Å²) in [5, 5.41) is 0.511. The lowest BCUT2D eigenvalue weighted by atomic mass is 10.1. The van der Waals surface area contributed by atoms with E-state index in [0.717, 1.165) is 0 Å². The van der Waals surface area contributed by atoms with Gasteiger partial charge in [-0.15, -0.1) is 0 Å². The van der Waals surface area contributed by atoms with Crippen LogP contribution in [-0.2, 0) is 4.74 Å². The highest BCUT2D eigenvalue weighted by atomic mass is 79.9. The van der Waals surface area contributed by atoms with Gasteiger partial charge in [0.15, 0.2) is 0 Å². The molecule has 24 heavy (non-hydrogen) atoms. The van der Waals surface area contributed by atoms with E-state index >= 15 is 0 Å². The fourth-order valence-electron chi connectivity index (χ4n) is 2.30. The summed E-state index contributed by atoms with van der Waals surface area (Å²) in [4.78, 5) is 24.2. The summed E-state index contributed by atoms with van der Waals surface area (Å²) in [5.74, 6) is -0.367. The first-order valence-electron chi connectivity index (χ1n) is 7.16. The molecule has 0 aliphatic carbocycles. The molecule has 1 aromatic carbocycles. The van der Waals surface area contributed by atoms with Crippen LogP contribution in [0.4, 0.5) is 0 Å². The van der Waals surface area contributed by atoms with Crippen molar-refractivity contribution < 1.29 is 27.9 Å². The molecule has 124 valence electrons. The summed E-state index contributed by atoms with van der Waals surface area (Å²) in [6.45, 7) is 3.65. The molecular formula is C17H13BrO6. The molecule has 0 amide bonds. The van der Waals surface area contributed by atoms with Crippen molar-refractivity contribution in [3.05, 3.63) is 52.1 Å². The lowest BCUT2D eigenvalue weighted by Crippen LogP contribution is -2.08. The Labute approximate surface area is 145 Å². The van der Waals surface area contributed by atoms with Crippen molar-refractivity contribution in [2.45, 2.75) is 13.8 Å². The van der Waals surface area contributed by atoms with Crippen LogP contribution in [0.1, 0.15) is 33.6 Å². The largest absolute Gasteiger partial charge is 0.462 e. The van der Waals surface area contributed by atoms with Gasteiger partial charge < -0.3 is 18.3 Å². The smallest absolute Gasteiger partial charge is 0.379 e. The van der Waals surface area contributed by atoms with Crippen molar-refractivity contribution in [2.75, 3.05) is 6.61 Å². The van der Waals surface area contributed by atoms with Crippen LogP contribution in [0.5, 0.6) is 5.75 Å². The lowest BCUT2D eigenvalue weighted by Gasteiger charge is -2.06. The Morgan fingerprint density at radius 1 is 1.25 bits per heavy atom. The molecule has 2 aromatic heterocycles. The fourth-order valence-corrected chi connectivity index (χ4v) is 2.70. The number of rotatable bonds is 4. The topological polar surface area (TPSA) is 78.9 Å². The van der Waals surface area contributed by atoms with Crippen molar-refractivity contribution in [3.63, 3.8) is 0 Å². The monoisotopic (exact) mass is 392 g/mol. The van der Waals surface area contributed by atoms with E-state index in [4.69, 9.17) is 18.3 Å². The highest BCUT2D eigenvalue weighted by Crippen LogP contribution is 2.35. The maximum absolute atomic E-state index is 12.1. The van der Waals surface area contributed by atoms with Crippen LogP contribution in [-0.4, -0.2) is 18.5 Å². The first kappa shape index (κ1) is 16.3. The maximum Gasteiger partial charge on any atom is 0.379 e. The van der Waals surface area contributed by atoms with Gasteiger partial charge in [-0.2, -0.15) is 0 Å². The number of hydrogen-bond acceptors (Lipinski definition) is 6. The number of halogens is 1. The minimum atomic E-state index is -0.641. The second-order valence-corrected chi connectivity index (χ2v) is 5.75. The molecule has 6 nitrogen and oxygen atoms in total. The zero-order valence-electron chi connectivity index (χ0n) is 12.9. The Kier molecular flexibility index (Phi) is 4.44. The molecule has 0 saturated carbocycles. The highest BCUT2D eigenvalue weighted by molar-refractivity contribution is 9.10. The van der Waals surface area contributed by atoms with Gasteiger partial charge in [-0.3, -0.25) is 0 Å². The third-order valence-electron chi connectivity index (χ3n) is 3.32. The Balaban J connectivity index is 2.03. The number of esters is 2. The molecule has 0 unspecified atom stereocenters. The van der Waals surface area contributed by atoms with Crippen molar-refractivity contribution in [1.29, 1.82) is 0 Å². The van der Waals surface area contributed by atoms with Crippen LogP contribution in [0.3, 0.4) is 0 Å². The predicted octanol–water partition coefficient (Wildman–Crippen LogP) is 4.49. The van der Waals surface area contributed by atoms with Gasteiger partial charge in [0, 0.05) is 5.39 Å². The average Bonchev–Trinajstić information content (AvgIpc) is 3.15. The van der Waals surface area contributed by atoms with Crippen LogP contribution in [0.25, 0.3) is 11.0 Å². The molecule has 0 bridgehead atoms. The molecule has 0 spiro atoms. The Bertz CT molecular complexity index is 907. The van der Waals surface area contributed by atoms with E-state index in [0.29, 0.717) is 26.8 Å². The van der Waals surface area contributed by atoms with Crippen LogP contribution < -0.4 is 4.74 Å². The van der Waals surface area contributed by atoms with E-state index < -0.39 is 11.9 Å². The molecule has 0 fully saturated rings.